The third kappa shape index (κ3) is 3.63. The molecule has 0 bridgehead atoms. The second-order valence-electron chi connectivity index (χ2n) is 10.4. The Balaban J connectivity index is 1.59. The van der Waals surface area contributed by atoms with E-state index < -0.39 is 11.4 Å². The second-order valence-corrected chi connectivity index (χ2v) is 10.4. The maximum absolute atomic E-state index is 14.6. The summed E-state index contributed by atoms with van der Waals surface area (Å²) in [5.41, 5.74) is 2.27. The van der Waals surface area contributed by atoms with Crippen molar-refractivity contribution in [3.63, 3.8) is 0 Å². The van der Waals surface area contributed by atoms with Gasteiger partial charge in [-0.1, -0.05) is 30.3 Å². The molecule has 3 aromatic carbocycles. The average molecular weight is 551 g/mol. The topological polar surface area (TPSA) is 89.3 Å². The summed E-state index contributed by atoms with van der Waals surface area (Å²) >= 11 is 0. The lowest BCUT2D eigenvalue weighted by Crippen LogP contribution is -2.54. The Labute approximate surface area is 237 Å². The van der Waals surface area contributed by atoms with Crippen molar-refractivity contribution < 1.29 is 23.5 Å². The van der Waals surface area contributed by atoms with Crippen molar-refractivity contribution in [2.45, 2.75) is 25.8 Å². The van der Waals surface area contributed by atoms with E-state index >= 15 is 0 Å². The largest absolute Gasteiger partial charge is 0.493 e. The molecule has 0 fully saturated rings. The lowest BCUT2D eigenvalue weighted by atomic mass is 9.83. The zero-order valence-electron chi connectivity index (χ0n) is 23.4. The quantitative estimate of drug-likeness (QED) is 0.304. The average Bonchev–Trinajstić information content (AvgIpc) is 3.37. The van der Waals surface area contributed by atoms with Crippen LogP contribution in [0.15, 0.2) is 76.5 Å². The second kappa shape index (κ2) is 9.66. The lowest BCUT2D eigenvalue weighted by molar-refractivity contribution is -0.125. The molecule has 1 aromatic heterocycles. The minimum Gasteiger partial charge on any atom is -0.493 e. The van der Waals surface area contributed by atoms with E-state index in [2.05, 4.69) is 6.58 Å². The van der Waals surface area contributed by atoms with Crippen LogP contribution in [-0.2, 0) is 16.8 Å². The summed E-state index contributed by atoms with van der Waals surface area (Å²) in [6.45, 7) is 8.04. The molecule has 208 valence electrons. The van der Waals surface area contributed by atoms with Gasteiger partial charge in [-0.15, -0.1) is 6.58 Å². The lowest BCUT2D eigenvalue weighted by Gasteiger charge is -2.34. The van der Waals surface area contributed by atoms with E-state index in [0.29, 0.717) is 40.1 Å². The summed E-state index contributed by atoms with van der Waals surface area (Å²) in [5, 5.41) is 0.341. The fraction of sp³-hybridized carbons (Fsp3) is 0.242. The third-order valence-corrected chi connectivity index (χ3v) is 8.24. The molecule has 6 rings (SSSR count). The Bertz CT molecular complexity index is 1820. The molecule has 4 aromatic rings. The van der Waals surface area contributed by atoms with E-state index in [1.54, 1.807) is 43.4 Å². The number of carbonyl (C=O) groups is 2. The number of fused-ring (bicyclic) bond motifs is 5. The van der Waals surface area contributed by atoms with Crippen LogP contribution in [0.2, 0.25) is 0 Å². The molecular weight excluding hydrogens is 520 g/mol. The van der Waals surface area contributed by atoms with Crippen LogP contribution >= 0.6 is 0 Å². The Kier molecular flexibility index (Phi) is 6.21. The van der Waals surface area contributed by atoms with Gasteiger partial charge in [0.1, 0.15) is 5.58 Å². The van der Waals surface area contributed by atoms with Gasteiger partial charge < -0.3 is 23.7 Å². The Morgan fingerprint density at radius 1 is 0.951 bits per heavy atom. The highest BCUT2D eigenvalue weighted by molar-refractivity contribution is 6.17. The molecule has 0 saturated carbocycles. The first-order valence-corrected chi connectivity index (χ1v) is 13.4. The fourth-order valence-corrected chi connectivity index (χ4v) is 6.13. The van der Waals surface area contributed by atoms with Gasteiger partial charge >= 0.3 is 0 Å². The smallest absolute Gasteiger partial charge is 0.291 e. The van der Waals surface area contributed by atoms with Crippen molar-refractivity contribution in [2.24, 2.45) is 0 Å². The summed E-state index contributed by atoms with van der Waals surface area (Å²) in [5.74, 6) is 0.171. The minimum atomic E-state index is -1.67. The summed E-state index contributed by atoms with van der Waals surface area (Å²) < 4.78 is 17.0. The number of ether oxygens (including phenoxy) is 2. The van der Waals surface area contributed by atoms with Gasteiger partial charge in [-0.3, -0.25) is 14.4 Å². The van der Waals surface area contributed by atoms with Crippen LogP contribution in [0, 0.1) is 13.8 Å². The van der Waals surface area contributed by atoms with Crippen molar-refractivity contribution in [3.05, 3.63) is 111 Å². The molecule has 3 heterocycles. The van der Waals surface area contributed by atoms with Gasteiger partial charge in [0.05, 0.1) is 30.9 Å². The van der Waals surface area contributed by atoms with E-state index in [4.69, 9.17) is 13.9 Å². The number of nitrogens with zero attached hydrogens (tertiary/aromatic N) is 2. The van der Waals surface area contributed by atoms with Crippen molar-refractivity contribution in [1.82, 2.24) is 4.90 Å². The fourth-order valence-electron chi connectivity index (χ4n) is 6.13. The third-order valence-electron chi connectivity index (χ3n) is 8.24. The van der Waals surface area contributed by atoms with Gasteiger partial charge in [0.2, 0.25) is 5.76 Å². The van der Waals surface area contributed by atoms with E-state index in [1.807, 2.05) is 50.2 Å². The number of hydrogen-bond donors (Lipinski definition) is 0. The number of rotatable bonds is 7. The van der Waals surface area contributed by atoms with E-state index in [0.717, 1.165) is 16.7 Å². The monoisotopic (exact) mass is 550 g/mol. The predicted molar refractivity (Wildman–Crippen MR) is 156 cm³/mol. The van der Waals surface area contributed by atoms with Crippen molar-refractivity contribution in [1.29, 1.82) is 0 Å². The molecule has 0 N–H and O–H groups in total. The van der Waals surface area contributed by atoms with E-state index in [1.165, 1.54) is 4.90 Å². The molecule has 2 aliphatic rings. The van der Waals surface area contributed by atoms with Crippen LogP contribution < -0.4 is 19.8 Å². The molecule has 8 heteroatoms. The molecule has 2 aliphatic heterocycles. The zero-order valence-corrected chi connectivity index (χ0v) is 23.4. The van der Waals surface area contributed by atoms with Gasteiger partial charge in [0, 0.05) is 18.7 Å². The van der Waals surface area contributed by atoms with Crippen LogP contribution in [0.4, 0.5) is 5.69 Å². The Morgan fingerprint density at radius 3 is 2.41 bits per heavy atom. The first-order valence-electron chi connectivity index (χ1n) is 13.4. The van der Waals surface area contributed by atoms with Gasteiger partial charge in [0.15, 0.2) is 22.5 Å². The maximum atomic E-state index is 14.6. The molecule has 0 aliphatic carbocycles. The molecule has 2 amide bonds. The molecule has 1 unspecified atom stereocenters. The molecule has 1 spiro atoms. The van der Waals surface area contributed by atoms with Crippen LogP contribution in [-0.4, -0.2) is 44.0 Å². The molecule has 0 radical (unpaired) electrons. The van der Waals surface area contributed by atoms with Gasteiger partial charge in [0.25, 0.3) is 11.8 Å². The van der Waals surface area contributed by atoms with Crippen molar-refractivity contribution in [2.75, 3.05) is 32.2 Å². The van der Waals surface area contributed by atoms with Gasteiger partial charge in [-0.05, 0) is 67.3 Å². The number of hydrogen-bond acceptors (Lipinski definition) is 6. The standard InChI is InChI=1S/C33H30N2O6/c1-6-14-34-24-10-8-7-9-23(24)33(32(34)38)28-29(36)22-16-19(2)20(3)17-26(22)41-30(28)31(37)35(33)15-13-21-11-12-25(39-4)27(18-21)40-5/h6-12,16-18H,1,13-15H2,2-5H3. The number of benzene rings is 3. The zero-order chi connectivity index (χ0) is 29.1. The number of carbonyl (C=O) groups excluding carboxylic acids is 2. The first kappa shape index (κ1) is 26.4. The highest BCUT2D eigenvalue weighted by atomic mass is 16.5. The van der Waals surface area contributed by atoms with Gasteiger partial charge in [-0.25, -0.2) is 0 Å². The Morgan fingerprint density at radius 2 is 1.68 bits per heavy atom. The molecular formula is C33H30N2O6. The van der Waals surface area contributed by atoms with Crippen LogP contribution in [0.25, 0.3) is 11.0 Å². The minimum absolute atomic E-state index is 0.0644. The number of aryl methyl sites for hydroxylation is 2. The predicted octanol–water partition coefficient (Wildman–Crippen LogP) is 4.90. The summed E-state index contributed by atoms with van der Waals surface area (Å²) in [6, 6.07) is 16.4. The summed E-state index contributed by atoms with van der Waals surface area (Å²) in [4.78, 5) is 46.2. The number of methoxy groups -OCH3 is 2. The number of amides is 2. The number of anilines is 1. The van der Waals surface area contributed by atoms with Crippen molar-refractivity contribution >= 4 is 28.5 Å². The molecule has 1 atom stereocenters. The maximum Gasteiger partial charge on any atom is 0.291 e. The molecule has 0 saturated heterocycles. The van der Waals surface area contributed by atoms with Crippen LogP contribution in [0.5, 0.6) is 11.5 Å². The number of para-hydroxylation sites is 1. The van der Waals surface area contributed by atoms with E-state index in [-0.39, 0.29) is 35.7 Å². The summed E-state index contributed by atoms with van der Waals surface area (Å²) in [7, 11) is 3.13. The molecule has 8 nitrogen and oxygen atoms in total. The SMILES string of the molecule is C=CCN1C(=O)C2(c3ccccc31)c1c(oc3cc(C)c(C)cc3c1=O)C(=O)N2CCc1ccc(OC)c(OC)c1. The Hall–Kier alpha value is -4.85. The highest BCUT2D eigenvalue weighted by Gasteiger charge is 2.64. The normalized spacial score (nSPS) is 17.4. The van der Waals surface area contributed by atoms with Gasteiger partial charge in [-0.2, -0.15) is 0 Å². The van der Waals surface area contributed by atoms with E-state index in [9.17, 15) is 14.4 Å². The van der Waals surface area contributed by atoms with Crippen molar-refractivity contribution in [3.8, 4) is 11.5 Å². The first-order chi connectivity index (χ1) is 19.8. The van der Waals surface area contributed by atoms with Crippen LogP contribution in [0.1, 0.15) is 38.4 Å². The summed E-state index contributed by atoms with van der Waals surface area (Å²) in [6.07, 6.45) is 2.03. The highest BCUT2D eigenvalue weighted by Crippen LogP contribution is 2.52. The van der Waals surface area contributed by atoms with Crippen LogP contribution in [0.3, 0.4) is 0 Å². The molecule has 41 heavy (non-hydrogen) atoms.